The highest BCUT2D eigenvalue weighted by molar-refractivity contribution is 7.94. The van der Waals surface area contributed by atoms with Gasteiger partial charge in [-0.1, -0.05) is 12.1 Å². The Balaban J connectivity index is 1.67. The van der Waals surface area contributed by atoms with E-state index < -0.39 is 21.8 Å². The minimum Gasteiger partial charge on any atom is -0.466 e. The molecule has 3 N–H and O–H groups in total. The number of rotatable bonds is 5. The maximum absolute atomic E-state index is 12.3. The van der Waals surface area contributed by atoms with E-state index in [4.69, 9.17) is 4.42 Å². The van der Waals surface area contributed by atoms with E-state index in [1.54, 1.807) is 31.4 Å². The minimum atomic E-state index is -3.72. The van der Waals surface area contributed by atoms with Gasteiger partial charge in [-0.15, -0.1) is 11.3 Å². The molecule has 2 heterocycles. The first kappa shape index (κ1) is 19.6. The van der Waals surface area contributed by atoms with Crippen molar-refractivity contribution in [2.75, 3.05) is 4.72 Å². The molecule has 0 atom stereocenters. The molecule has 3 aromatic rings. The summed E-state index contributed by atoms with van der Waals surface area (Å²) < 4.78 is 32.4. The lowest BCUT2D eigenvalue weighted by molar-refractivity contribution is 0.0845. The first-order chi connectivity index (χ1) is 13.3. The number of nitrogens with one attached hydrogen (secondary N) is 3. The Morgan fingerprint density at radius 1 is 1.00 bits per heavy atom. The monoisotopic (exact) mass is 419 g/mol. The third-order valence-electron chi connectivity index (χ3n) is 3.71. The van der Waals surface area contributed by atoms with Gasteiger partial charge in [0.25, 0.3) is 21.8 Å². The summed E-state index contributed by atoms with van der Waals surface area (Å²) in [5.74, 6) is -0.0884. The van der Waals surface area contributed by atoms with Crippen LogP contribution >= 0.6 is 11.3 Å². The Bertz CT molecular complexity index is 1120. The minimum absolute atomic E-state index is 0.167. The first-order valence-corrected chi connectivity index (χ1v) is 10.5. The fourth-order valence-corrected chi connectivity index (χ4v) is 4.50. The third-order valence-corrected chi connectivity index (χ3v) is 6.49. The lowest BCUT2D eigenvalue weighted by atomic mass is 10.2. The first-order valence-electron chi connectivity index (χ1n) is 8.10. The molecule has 0 aliphatic carbocycles. The molecule has 0 aliphatic rings. The highest BCUT2D eigenvalue weighted by Gasteiger charge is 2.17. The maximum Gasteiger partial charge on any atom is 0.273 e. The molecule has 0 unspecified atom stereocenters. The lowest BCUT2D eigenvalue weighted by Gasteiger charge is -2.09. The van der Waals surface area contributed by atoms with Gasteiger partial charge in [-0.05, 0) is 49.6 Å². The zero-order valence-corrected chi connectivity index (χ0v) is 16.6. The quantitative estimate of drug-likeness (QED) is 0.550. The van der Waals surface area contributed by atoms with E-state index in [1.807, 2.05) is 0 Å². The number of carbonyl (C=O) groups excluding carboxylic acids is 2. The van der Waals surface area contributed by atoms with Gasteiger partial charge in [0.05, 0.1) is 5.56 Å². The summed E-state index contributed by atoms with van der Waals surface area (Å²) in [4.78, 5) is 24.4. The summed E-state index contributed by atoms with van der Waals surface area (Å²) in [6.45, 7) is 3.36. The molecule has 2 amide bonds. The van der Waals surface area contributed by atoms with Crippen molar-refractivity contribution in [3.8, 4) is 0 Å². The second-order valence-corrected chi connectivity index (χ2v) is 8.71. The summed E-state index contributed by atoms with van der Waals surface area (Å²) in [5.41, 5.74) is 5.32. The summed E-state index contributed by atoms with van der Waals surface area (Å²) in [7, 11) is -3.72. The Morgan fingerprint density at radius 2 is 1.75 bits per heavy atom. The Labute approximate surface area is 165 Å². The van der Waals surface area contributed by atoms with Gasteiger partial charge in [-0.2, -0.15) is 0 Å². The SMILES string of the molecule is Cc1cc(C(=O)NNC(=O)c2cccc(NS(=O)(=O)c3cccs3)c2)c(C)o1. The number of carbonyl (C=O) groups is 2. The smallest absolute Gasteiger partial charge is 0.273 e. The van der Waals surface area contributed by atoms with Crippen LogP contribution in [-0.2, 0) is 10.0 Å². The van der Waals surface area contributed by atoms with Gasteiger partial charge in [0.15, 0.2) is 0 Å². The number of hydrazine groups is 1. The second-order valence-electron chi connectivity index (χ2n) is 5.85. The molecule has 0 bridgehead atoms. The number of amides is 2. The van der Waals surface area contributed by atoms with Gasteiger partial charge in [0.1, 0.15) is 15.7 Å². The van der Waals surface area contributed by atoms with Gasteiger partial charge in [-0.3, -0.25) is 25.2 Å². The van der Waals surface area contributed by atoms with E-state index in [-0.39, 0.29) is 15.5 Å². The van der Waals surface area contributed by atoms with Crippen LogP contribution in [0.3, 0.4) is 0 Å². The van der Waals surface area contributed by atoms with Crippen molar-refractivity contribution < 1.29 is 22.4 Å². The van der Waals surface area contributed by atoms with Crippen LogP contribution in [0.1, 0.15) is 32.2 Å². The summed E-state index contributed by atoms with van der Waals surface area (Å²) >= 11 is 1.09. The lowest BCUT2D eigenvalue weighted by Crippen LogP contribution is -2.41. The van der Waals surface area contributed by atoms with E-state index in [0.717, 1.165) is 11.3 Å². The topological polar surface area (TPSA) is 118 Å². The van der Waals surface area contributed by atoms with Gasteiger partial charge in [-0.25, -0.2) is 8.42 Å². The van der Waals surface area contributed by atoms with Crippen molar-refractivity contribution in [2.45, 2.75) is 18.1 Å². The Kier molecular flexibility index (Phi) is 5.52. The van der Waals surface area contributed by atoms with Gasteiger partial charge in [0.2, 0.25) is 0 Å². The van der Waals surface area contributed by atoms with Gasteiger partial charge < -0.3 is 4.42 Å². The summed E-state index contributed by atoms with van der Waals surface area (Å²) in [6.07, 6.45) is 0. The highest BCUT2D eigenvalue weighted by Crippen LogP contribution is 2.21. The molecular formula is C18H17N3O5S2. The largest absolute Gasteiger partial charge is 0.466 e. The van der Waals surface area contributed by atoms with Crippen LogP contribution in [0.2, 0.25) is 0 Å². The third kappa shape index (κ3) is 4.41. The predicted molar refractivity (Wildman–Crippen MR) is 105 cm³/mol. The molecule has 3 rings (SSSR count). The molecule has 0 spiro atoms. The molecule has 0 saturated carbocycles. The highest BCUT2D eigenvalue weighted by atomic mass is 32.2. The van der Waals surface area contributed by atoms with Crippen LogP contribution in [0, 0.1) is 13.8 Å². The number of anilines is 1. The average molecular weight is 419 g/mol. The van der Waals surface area contributed by atoms with Crippen LogP contribution < -0.4 is 15.6 Å². The zero-order valence-electron chi connectivity index (χ0n) is 15.0. The number of thiophene rings is 1. The molecule has 0 saturated heterocycles. The molecule has 10 heteroatoms. The van der Waals surface area contributed by atoms with Crippen molar-refractivity contribution in [3.63, 3.8) is 0 Å². The van der Waals surface area contributed by atoms with Crippen LogP contribution in [0.5, 0.6) is 0 Å². The van der Waals surface area contributed by atoms with Crippen molar-refractivity contribution in [1.29, 1.82) is 0 Å². The van der Waals surface area contributed by atoms with Crippen molar-refractivity contribution in [1.82, 2.24) is 10.9 Å². The fourth-order valence-electron chi connectivity index (χ4n) is 2.46. The number of sulfonamides is 1. The molecule has 0 radical (unpaired) electrons. The van der Waals surface area contributed by atoms with E-state index in [1.165, 1.54) is 30.3 Å². The molecule has 28 heavy (non-hydrogen) atoms. The number of hydrogen-bond acceptors (Lipinski definition) is 6. The predicted octanol–water partition coefficient (Wildman–Crippen LogP) is 2.83. The molecule has 1 aromatic carbocycles. The number of hydrogen-bond donors (Lipinski definition) is 3. The standard InChI is InChI=1S/C18H17N3O5S2/c1-11-9-15(12(2)26-11)18(23)20-19-17(22)13-5-3-6-14(10-13)21-28(24,25)16-7-4-8-27-16/h3-10,21H,1-2H3,(H,19,22)(H,20,23). The second kappa shape index (κ2) is 7.87. The Hall–Kier alpha value is -3.11. The van der Waals surface area contributed by atoms with E-state index in [2.05, 4.69) is 15.6 Å². The van der Waals surface area contributed by atoms with Crippen LogP contribution in [0.4, 0.5) is 5.69 Å². The average Bonchev–Trinajstić information content (AvgIpc) is 3.29. The molecule has 146 valence electrons. The zero-order chi connectivity index (χ0) is 20.3. The van der Waals surface area contributed by atoms with Crippen LogP contribution in [0.25, 0.3) is 0 Å². The van der Waals surface area contributed by atoms with Gasteiger partial charge in [0, 0.05) is 11.3 Å². The number of benzene rings is 1. The van der Waals surface area contributed by atoms with Crippen LogP contribution in [-0.4, -0.2) is 20.2 Å². The van der Waals surface area contributed by atoms with E-state index in [9.17, 15) is 18.0 Å². The van der Waals surface area contributed by atoms with E-state index in [0.29, 0.717) is 17.1 Å². The number of aryl methyl sites for hydroxylation is 2. The summed E-state index contributed by atoms with van der Waals surface area (Å²) in [6, 6.07) is 10.6. The molecule has 0 fully saturated rings. The maximum atomic E-state index is 12.3. The molecule has 2 aromatic heterocycles. The van der Waals surface area contributed by atoms with Crippen molar-refractivity contribution in [2.24, 2.45) is 0 Å². The number of furan rings is 1. The van der Waals surface area contributed by atoms with E-state index >= 15 is 0 Å². The van der Waals surface area contributed by atoms with Gasteiger partial charge >= 0.3 is 0 Å². The van der Waals surface area contributed by atoms with Crippen molar-refractivity contribution in [3.05, 3.63) is 70.5 Å². The normalized spacial score (nSPS) is 11.1. The van der Waals surface area contributed by atoms with Crippen molar-refractivity contribution >= 4 is 38.9 Å². The molecular weight excluding hydrogens is 402 g/mol. The fraction of sp³-hybridized carbons (Fsp3) is 0.111. The van der Waals surface area contributed by atoms with Crippen LogP contribution in [0.15, 0.2) is 56.5 Å². The molecule has 8 nitrogen and oxygen atoms in total. The molecule has 0 aliphatic heterocycles. The Morgan fingerprint density at radius 3 is 2.39 bits per heavy atom. The summed E-state index contributed by atoms with van der Waals surface area (Å²) in [5, 5.41) is 1.66.